The SMILES string of the molecule is C[C@@H]1Cc2c([nH]c3ccccc23)[C@@H](c2cnc(N3CCC4(CCC(N5CCN6c7ccc8c(c7OC[C@H]6C5)CN(C5CCC(=O)NC5=O)C8=O)CC4)CC3)nc2)N1CC(C)(C)F. The van der Waals surface area contributed by atoms with Gasteiger partial charge >= 0.3 is 0 Å². The quantitative estimate of drug-likeness (QED) is 0.226. The molecule has 2 aromatic carbocycles. The van der Waals surface area contributed by atoms with Crippen LogP contribution in [0.25, 0.3) is 10.9 Å². The van der Waals surface area contributed by atoms with E-state index in [4.69, 9.17) is 14.7 Å². The summed E-state index contributed by atoms with van der Waals surface area (Å²) >= 11 is 0. The minimum Gasteiger partial charge on any atom is -0.489 e. The molecule has 13 nitrogen and oxygen atoms in total. The second-order valence-corrected chi connectivity index (χ2v) is 19.9. The number of carbonyl (C=O) groups is 3. The number of benzene rings is 2. The molecule has 14 heteroatoms. The number of hydrogen-bond donors (Lipinski definition) is 2. The summed E-state index contributed by atoms with van der Waals surface area (Å²) in [6.07, 6.45) is 12.6. The third-order valence-electron chi connectivity index (χ3n) is 15.6. The van der Waals surface area contributed by atoms with Crippen LogP contribution < -0.4 is 19.9 Å². The van der Waals surface area contributed by atoms with Crippen molar-refractivity contribution in [2.24, 2.45) is 5.41 Å². The molecule has 7 aliphatic rings. The van der Waals surface area contributed by atoms with Crippen LogP contribution in [0.4, 0.5) is 16.0 Å². The molecular weight excluding hydrogens is 786 g/mol. The van der Waals surface area contributed by atoms with E-state index in [0.29, 0.717) is 43.1 Å². The highest BCUT2D eigenvalue weighted by Crippen LogP contribution is 2.48. The molecule has 2 aromatic heterocycles. The first-order chi connectivity index (χ1) is 29.9. The Labute approximate surface area is 362 Å². The van der Waals surface area contributed by atoms with Crippen molar-refractivity contribution >= 4 is 40.3 Å². The molecule has 1 spiro atoms. The van der Waals surface area contributed by atoms with E-state index < -0.39 is 17.6 Å². The highest BCUT2D eigenvalue weighted by atomic mass is 19.1. The van der Waals surface area contributed by atoms with Crippen LogP contribution >= 0.6 is 0 Å². The van der Waals surface area contributed by atoms with Crippen molar-refractivity contribution in [3.8, 4) is 5.75 Å². The summed E-state index contributed by atoms with van der Waals surface area (Å²) in [7, 11) is 0. The second-order valence-electron chi connectivity index (χ2n) is 19.9. The van der Waals surface area contributed by atoms with Crippen LogP contribution in [0.3, 0.4) is 0 Å². The number of anilines is 2. The van der Waals surface area contributed by atoms with E-state index in [1.54, 1.807) is 18.7 Å². The normalized spacial score (nSPS) is 26.9. The van der Waals surface area contributed by atoms with E-state index in [2.05, 4.69) is 61.1 Å². The second kappa shape index (κ2) is 15.0. The Morgan fingerprint density at radius 2 is 1.68 bits per heavy atom. The number of aromatic amines is 1. The number of piperazine rings is 1. The average molecular weight is 844 g/mol. The number of imide groups is 1. The zero-order chi connectivity index (χ0) is 42.5. The number of amides is 3. The maximum atomic E-state index is 15.3. The van der Waals surface area contributed by atoms with Gasteiger partial charge in [0, 0.05) is 103 Å². The molecule has 326 valence electrons. The minimum absolute atomic E-state index is 0.151. The van der Waals surface area contributed by atoms with Crippen molar-refractivity contribution in [2.45, 2.75) is 121 Å². The first-order valence-electron chi connectivity index (χ1n) is 23.0. The standard InChI is InChI=1S/C48H58FN9O4/c1-29-22-35-33-6-4-5-7-37(33)52-41(35)42(58(29)28-47(2,3)49)30-23-50-46(51-24-30)54-18-16-48(17-19-54)14-12-31(13-15-48)55-20-21-56-32(25-55)27-62-43-36-26-57(39-10-11-40(59)53-44(39)60)45(61)34(36)8-9-38(43)56/h4-9,23-24,29,31-32,39,42,52H,10-22,25-28H2,1-3H3,(H,53,59,60)/t29-,32-,39?,42-/m1/s1. The lowest BCUT2D eigenvalue weighted by atomic mass is 9.66. The van der Waals surface area contributed by atoms with Crippen LogP contribution in [-0.2, 0) is 22.6 Å². The van der Waals surface area contributed by atoms with Gasteiger partial charge in [0.1, 0.15) is 24.1 Å². The fraction of sp³-hybridized carbons (Fsp3) is 0.562. The summed E-state index contributed by atoms with van der Waals surface area (Å²) in [5, 5.41) is 3.64. The maximum Gasteiger partial charge on any atom is 0.255 e. The summed E-state index contributed by atoms with van der Waals surface area (Å²) in [4.78, 5) is 62.9. The molecule has 4 atom stereocenters. The average Bonchev–Trinajstić information content (AvgIpc) is 3.80. The number of alkyl halides is 1. The van der Waals surface area contributed by atoms with Gasteiger partial charge in [-0.3, -0.25) is 29.5 Å². The predicted octanol–water partition coefficient (Wildman–Crippen LogP) is 5.92. The number of nitrogens with one attached hydrogen (secondary N) is 2. The number of fused-ring (bicyclic) bond motifs is 8. The van der Waals surface area contributed by atoms with Gasteiger partial charge in [-0.1, -0.05) is 18.2 Å². The number of hydrogen-bond acceptors (Lipinski definition) is 10. The zero-order valence-corrected chi connectivity index (χ0v) is 36.2. The fourth-order valence-corrected chi connectivity index (χ4v) is 12.3. The molecular formula is C48H58FN9O4. The first kappa shape index (κ1) is 39.7. The lowest BCUT2D eigenvalue weighted by Crippen LogP contribution is -2.60. The number of para-hydroxylation sites is 1. The van der Waals surface area contributed by atoms with Crippen LogP contribution in [-0.4, -0.2) is 123 Å². The Bertz CT molecular complexity index is 2410. The third kappa shape index (κ3) is 6.83. The molecule has 2 N–H and O–H groups in total. The number of rotatable bonds is 6. The predicted molar refractivity (Wildman–Crippen MR) is 234 cm³/mol. The van der Waals surface area contributed by atoms with Gasteiger partial charge in [-0.2, -0.15) is 0 Å². The lowest BCUT2D eigenvalue weighted by Gasteiger charge is -2.51. The van der Waals surface area contributed by atoms with Crippen molar-refractivity contribution in [1.82, 2.24) is 35.0 Å². The number of halogens is 1. The van der Waals surface area contributed by atoms with Crippen LogP contribution in [0.15, 0.2) is 48.8 Å². The Morgan fingerprint density at radius 1 is 0.903 bits per heavy atom. The number of ether oxygens (including phenoxy) is 1. The molecule has 3 amide bonds. The molecule has 1 saturated carbocycles. The molecule has 8 heterocycles. The van der Waals surface area contributed by atoms with Crippen molar-refractivity contribution in [3.05, 3.63) is 76.7 Å². The number of aromatic nitrogens is 3. The highest BCUT2D eigenvalue weighted by Gasteiger charge is 2.46. The molecule has 6 aliphatic heterocycles. The van der Waals surface area contributed by atoms with Gasteiger partial charge in [0.25, 0.3) is 5.91 Å². The van der Waals surface area contributed by atoms with Gasteiger partial charge in [-0.05, 0) is 101 Å². The topological polar surface area (TPSA) is 130 Å². The number of piperidine rings is 2. The van der Waals surface area contributed by atoms with Crippen molar-refractivity contribution in [2.75, 3.05) is 55.7 Å². The molecule has 11 rings (SSSR count). The number of H-pyrrole nitrogens is 1. The van der Waals surface area contributed by atoms with Crippen LogP contribution in [0, 0.1) is 5.41 Å². The van der Waals surface area contributed by atoms with Gasteiger partial charge in [0.05, 0.1) is 24.3 Å². The molecule has 0 radical (unpaired) electrons. The van der Waals surface area contributed by atoms with Crippen molar-refractivity contribution in [3.63, 3.8) is 0 Å². The first-order valence-corrected chi connectivity index (χ1v) is 23.0. The summed E-state index contributed by atoms with van der Waals surface area (Å²) < 4.78 is 21.8. The summed E-state index contributed by atoms with van der Waals surface area (Å²) in [5.41, 5.74) is 6.07. The van der Waals surface area contributed by atoms with Gasteiger partial charge in [0.2, 0.25) is 17.8 Å². The smallest absolute Gasteiger partial charge is 0.255 e. The Kier molecular flexibility index (Phi) is 9.64. The van der Waals surface area contributed by atoms with Gasteiger partial charge < -0.3 is 24.4 Å². The number of carbonyl (C=O) groups excluding carboxylic acids is 3. The summed E-state index contributed by atoms with van der Waals surface area (Å²) in [6, 6.07) is 12.6. The third-order valence-corrected chi connectivity index (χ3v) is 15.6. The summed E-state index contributed by atoms with van der Waals surface area (Å²) in [5.74, 6) is 0.710. The lowest BCUT2D eigenvalue weighted by molar-refractivity contribution is -0.136. The molecule has 1 aliphatic carbocycles. The molecule has 4 fully saturated rings. The largest absolute Gasteiger partial charge is 0.489 e. The molecule has 4 aromatic rings. The molecule has 1 unspecified atom stereocenters. The van der Waals surface area contributed by atoms with Crippen molar-refractivity contribution < 1.29 is 23.5 Å². The van der Waals surface area contributed by atoms with Gasteiger partial charge in [0.15, 0.2) is 0 Å². The van der Waals surface area contributed by atoms with E-state index in [1.807, 2.05) is 24.5 Å². The van der Waals surface area contributed by atoms with Crippen LogP contribution in [0.1, 0.15) is 111 Å². The van der Waals surface area contributed by atoms with E-state index in [0.717, 1.165) is 91.7 Å². The van der Waals surface area contributed by atoms with E-state index >= 15 is 4.39 Å². The zero-order valence-electron chi connectivity index (χ0n) is 36.2. The minimum atomic E-state index is -1.34. The Hall–Kier alpha value is -5.08. The van der Waals surface area contributed by atoms with E-state index in [1.165, 1.54) is 36.6 Å². The fourth-order valence-electron chi connectivity index (χ4n) is 12.3. The highest BCUT2D eigenvalue weighted by molar-refractivity contribution is 6.06. The van der Waals surface area contributed by atoms with Crippen LogP contribution in [0.5, 0.6) is 5.75 Å². The summed E-state index contributed by atoms with van der Waals surface area (Å²) in [6.45, 7) is 11.5. The van der Waals surface area contributed by atoms with Gasteiger partial charge in [-0.25, -0.2) is 14.4 Å². The molecule has 3 saturated heterocycles. The molecule has 62 heavy (non-hydrogen) atoms. The maximum absolute atomic E-state index is 15.3. The van der Waals surface area contributed by atoms with E-state index in [9.17, 15) is 14.4 Å². The number of nitrogens with zero attached hydrogens (tertiary/aromatic N) is 7. The monoisotopic (exact) mass is 843 g/mol. The van der Waals surface area contributed by atoms with Gasteiger partial charge in [-0.15, -0.1) is 0 Å². The Morgan fingerprint density at radius 3 is 2.44 bits per heavy atom. The van der Waals surface area contributed by atoms with Crippen LogP contribution in [0.2, 0.25) is 0 Å². The van der Waals surface area contributed by atoms with E-state index in [-0.39, 0.29) is 36.4 Å². The Balaban J connectivity index is 0.708. The van der Waals surface area contributed by atoms with Crippen molar-refractivity contribution in [1.29, 1.82) is 0 Å². The molecule has 0 bridgehead atoms.